The molecule has 0 heterocycles. The van der Waals surface area contributed by atoms with E-state index in [9.17, 15) is 4.79 Å². The molecule has 0 aliphatic rings. The van der Waals surface area contributed by atoms with E-state index in [1.807, 2.05) is 24.3 Å². The summed E-state index contributed by atoms with van der Waals surface area (Å²) in [5.74, 6) is 0.637. The zero-order valence-electron chi connectivity index (χ0n) is 12.6. The molecule has 0 aromatic heterocycles. The lowest BCUT2D eigenvalue weighted by Gasteiger charge is -2.08. The van der Waals surface area contributed by atoms with Gasteiger partial charge < -0.3 is 10.1 Å². The van der Waals surface area contributed by atoms with Crippen LogP contribution in [0.2, 0.25) is 0 Å². The fourth-order valence-corrected chi connectivity index (χ4v) is 2.48. The maximum Gasteiger partial charge on any atom is 0.257 e. The number of carbonyl (C=O) groups is 1. The average Bonchev–Trinajstić information content (AvgIpc) is 2.51. The quantitative estimate of drug-likeness (QED) is 0.559. The molecule has 0 bridgehead atoms. The van der Waals surface area contributed by atoms with Gasteiger partial charge in [0.25, 0.3) is 5.91 Å². The summed E-state index contributed by atoms with van der Waals surface area (Å²) in [6.45, 7) is 2.82. The fourth-order valence-electron chi connectivity index (χ4n) is 2.12. The number of rotatable bonds is 7. The molecule has 0 aliphatic carbocycles. The third-order valence-corrected chi connectivity index (χ3v) is 3.95. The van der Waals surface area contributed by atoms with Crippen LogP contribution < -0.4 is 10.1 Å². The van der Waals surface area contributed by atoms with Gasteiger partial charge in [-0.1, -0.05) is 29.8 Å². The Morgan fingerprint density at radius 1 is 1.18 bits per heavy atom. The number of amides is 1. The summed E-state index contributed by atoms with van der Waals surface area (Å²) in [6.07, 6.45) is 1.90. The number of halogens is 1. The Kier molecular flexibility index (Phi) is 6.71. The minimum absolute atomic E-state index is 0.0606. The molecule has 0 atom stereocenters. The van der Waals surface area contributed by atoms with Crippen LogP contribution in [0.3, 0.4) is 0 Å². The molecule has 2 aromatic rings. The van der Waals surface area contributed by atoms with Gasteiger partial charge in [0.1, 0.15) is 5.75 Å². The van der Waals surface area contributed by atoms with E-state index in [-0.39, 0.29) is 12.5 Å². The number of benzene rings is 2. The van der Waals surface area contributed by atoms with Crippen molar-refractivity contribution in [3.8, 4) is 5.75 Å². The number of aryl methyl sites for hydroxylation is 2. The van der Waals surface area contributed by atoms with Crippen molar-refractivity contribution in [3.05, 3.63) is 63.2 Å². The van der Waals surface area contributed by atoms with Crippen molar-refractivity contribution < 1.29 is 9.53 Å². The monoisotopic (exact) mass is 409 g/mol. The van der Waals surface area contributed by atoms with E-state index in [0.29, 0.717) is 6.54 Å². The summed E-state index contributed by atoms with van der Waals surface area (Å²) >= 11 is 2.23. The van der Waals surface area contributed by atoms with Crippen molar-refractivity contribution in [2.45, 2.75) is 19.8 Å². The summed E-state index contributed by atoms with van der Waals surface area (Å²) in [5, 5.41) is 2.88. The Labute approximate surface area is 145 Å². The van der Waals surface area contributed by atoms with Gasteiger partial charge in [-0.15, -0.1) is 0 Å². The van der Waals surface area contributed by atoms with Gasteiger partial charge in [0.15, 0.2) is 6.61 Å². The van der Waals surface area contributed by atoms with E-state index in [1.54, 1.807) is 0 Å². The van der Waals surface area contributed by atoms with E-state index in [4.69, 9.17) is 4.74 Å². The molecule has 2 aromatic carbocycles. The second-order valence-electron chi connectivity index (χ2n) is 5.19. The van der Waals surface area contributed by atoms with E-state index >= 15 is 0 Å². The number of carbonyl (C=O) groups excluding carboxylic acids is 1. The highest BCUT2D eigenvalue weighted by atomic mass is 127. The third-order valence-electron chi connectivity index (χ3n) is 3.23. The number of ether oxygens (including phenoxy) is 1. The molecular weight excluding hydrogens is 389 g/mol. The highest BCUT2D eigenvalue weighted by Crippen LogP contribution is 2.13. The minimum Gasteiger partial charge on any atom is -0.484 e. The van der Waals surface area contributed by atoms with Crippen LogP contribution in [0, 0.1) is 10.5 Å². The molecule has 4 heteroatoms. The predicted octanol–water partition coefficient (Wildman–Crippen LogP) is 3.73. The van der Waals surface area contributed by atoms with Gasteiger partial charge in [0.2, 0.25) is 0 Å². The van der Waals surface area contributed by atoms with Gasteiger partial charge in [-0.3, -0.25) is 4.79 Å². The fraction of sp³-hybridized carbons (Fsp3) is 0.278. The van der Waals surface area contributed by atoms with Gasteiger partial charge in [-0.25, -0.2) is 0 Å². The zero-order chi connectivity index (χ0) is 15.8. The molecule has 1 amide bonds. The normalized spacial score (nSPS) is 10.3. The van der Waals surface area contributed by atoms with Crippen LogP contribution >= 0.6 is 22.6 Å². The average molecular weight is 409 g/mol. The Hall–Kier alpha value is -1.56. The zero-order valence-corrected chi connectivity index (χ0v) is 14.8. The van der Waals surface area contributed by atoms with Crippen LogP contribution in [0.1, 0.15) is 17.5 Å². The van der Waals surface area contributed by atoms with Crippen molar-refractivity contribution in [2.75, 3.05) is 13.2 Å². The van der Waals surface area contributed by atoms with Crippen molar-refractivity contribution in [1.82, 2.24) is 5.32 Å². The summed E-state index contributed by atoms with van der Waals surface area (Å²) in [7, 11) is 0. The van der Waals surface area contributed by atoms with Crippen LogP contribution in [-0.2, 0) is 11.2 Å². The van der Waals surface area contributed by atoms with Gasteiger partial charge in [-0.05, 0) is 72.2 Å². The SMILES string of the molecule is Cc1cccc(CCCNC(=O)COc2ccc(I)cc2)c1. The molecule has 0 fully saturated rings. The van der Waals surface area contributed by atoms with Crippen LogP contribution in [0.4, 0.5) is 0 Å². The maximum atomic E-state index is 11.7. The molecule has 0 unspecified atom stereocenters. The molecule has 0 spiro atoms. The molecule has 2 rings (SSSR count). The van der Waals surface area contributed by atoms with Crippen molar-refractivity contribution in [2.24, 2.45) is 0 Å². The predicted molar refractivity (Wildman–Crippen MR) is 97.2 cm³/mol. The van der Waals surface area contributed by atoms with Crippen LogP contribution in [0.5, 0.6) is 5.75 Å². The topological polar surface area (TPSA) is 38.3 Å². The molecular formula is C18H20INO2. The Bertz CT molecular complexity index is 611. The standard InChI is InChI=1S/C18H20INO2/c1-14-4-2-5-15(12-14)6-3-11-20-18(21)13-22-17-9-7-16(19)8-10-17/h2,4-5,7-10,12H,3,6,11,13H2,1H3,(H,20,21). The van der Waals surface area contributed by atoms with E-state index < -0.39 is 0 Å². The van der Waals surface area contributed by atoms with E-state index in [0.717, 1.165) is 22.2 Å². The second kappa shape index (κ2) is 8.78. The Morgan fingerprint density at radius 3 is 2.68 bits per heavy atom. The molecule has 3 nitrogen and oxygen atoms in total. The third kappa shape index (κ3) is 6.05. The van der Waals surface area contributed by atoms with Gasteiger partial charge in [-0.2, -0.15) is 0 Å². The molecule has 0 radical (unpaired) electrons. The number of nitrogens with one attached hydrogen (secondary N) is 1. The largest absolute Gasteiger partial charge is 0.484 e. The molecule has 0 aliphatic heterocycles. The van der Waals surface area contributed by atoms with Crippen LogP contribution in [0.15, 0.2) is 48.5 Å². The van der Waals surface area contributed by atoms with Crippen molar-refractivity contribution in [3.63, 3.8) is 0 Å². The molecule has 22 heavy (non-hydrogen) atoms. The van der Waals surface area contributed by atoms with Crippen LogP contribution in [-0.4, -0.2) is 19.1 Å². The lowest BCUT2D eigenvalue weighted by Crippen LogP contribution is -2.29. The first-order chi connectivity index (χ1) is 10.6. The smallest absolute Gasteiger partial charge is 0.257 e. The highest BCUT2D eigenvalue weighted by Gasteiger charge is 2.02. The van der Waals surface area contributed by atoms with Crippen LogP contribution in [0.25, 0.3) is 0 Å². The van der Waals surface area contributed by atoms with E-state index in [1.165, 1.54) is 11.1 Å². The van der Waals surface area contributed by atoms with E-state index in [2.05, 4.69) is 59.1 Å². The molecule has 0 saturated heterocycles. The van der Waals surface area contributed by atoms with Crippen molar-refractivity contribution in [1.29, 1.82) is 0 Å². The second-order valence-corrected chi connectivity index (χ2v) is 6.43. The van der Waals surface area contributed by atoms with Gasteiger partial charge in [0, 0.05) is 10.1 Å². The molecule has 0 saturated carbocycles. The van der Waals surface area contributed by atoms with Crippen molar-refractivity contribution >= 4 is 28.5 Å². The lowest BCUT2D eigenvalue weighted by molar-refractivity contribution is -0.123. The first-order valence-electron chi connectivity index (χ1n) is 7.34. The van der Waals surface area contributed by atoms with Gasteiger partial charge >= 0.3 is 0 Å². The molecule has 116 valence electrons. The minimum atomic E-state index is -0.0807. The summed E-state index contributed by atoms with van der Waals surface area (Å²) < 4.78 is 6.58. The first-order valence-corrected chi connectivity index (χ1v) is 8.42. The lowest BCUT2D eigenvalue weighted by atomic mass is 10.1. The van der Waals surface area contributed by atoms with Gasteiger partial charge in [0.05, 0.1) is 0 Å². The Morgan fingerprint density at radius 2 is 1.95 bits per heavy atom. The number of hydrogen-bond donors (Lipinski definition) is 1. The molecule has 1 N–H and O–H groups in total. The summed E-state index contributed by atoms with van der Waals surface area (Å²) in [4.78, 5) is 11.7. The first kappa shape index (κ1) is 16.8. The summed E-state index contributed by atoms with van der Waals surface area (Å²) in [5.41, 5.74) is 2.58. The Balaban J connectivity index is 1.62. The highest BCUT2D eigenvalue weighted by molar-refractivity contribution is 14.1. The maximum absolute atomic E-state index is 11.7. The number of hydrogen-bond acceptors (Lipinski definition) is 2. The summed E-state index contributed by atoms with van der Waals surface area (Å²) in [6, 6.07) is 16.1.